The zero-order chi connectivity index (χ0) is 17.0. The predicted octanol–water partition coefficient (Wildman–Crippen LogP) is 3.35. The van der Waals surface area contributed by atoms with E-state index in [1.807, 2.05) is 24.3 Å². The van der Waals surface area contributed by atoms with Gasteiger partial charge in [0.1, 0.15) is 12.4 Å². The molecule has 0 spiro atoms. The molecule has 5 nitrogen and oxygen atoms in total. The van der Waals surface area contributed by atoms with E-state index in [1.165, 1.54) is 12.8 Å². The van der Waals surface area contributed by atoms with Crippen molar-refractivity contribution >= 4 is 29.9 Å². The summed E-state index contributed by atoms with van der Waals surface area (Å²) in [6, 6.07) is 7.99. The van der Waals surface area contributed by atoms with Gasteiger partial charge in [-0.2, -0.15) is 0 Å². The second-order valence-electron chi connectivity index (χ2n) is 5.93. The third-order valence-electron chi connectivity index (χ3n) is 3.81. The molecular formula is C19H30IN3O2. The van der Waals surface area contributed by atoms with Gasteiger partial charge in [0, 0.05) is 38.9 Å². The van der Waals surface area contributed by atoms with Gasteiger partial charge in [0.05, 0.1) is 0 Å². The van der Waals surface area contributed by atoms with Crippen LogP contribution in [0.1, 0.15) is 24.8 Å². The Morgan fingerprint density at radius 2 is 2.12 bits per heavy atom. The zero-order valence-corrected chi connectivity index (χ0v) is 17.3. The Balaban J connectivity index is 0.00000312. The van der Waals surface area contributed by atoms with E-state index in [0.717, 1.165) is 49.4 Å². The fraction of sp³-hybridized carbons (Fsp3) is 0.526. The molecule has 0 saturated heterocycles. The van der Waals surface area contributed by atoms with Gasteiger partial charge in [-0.1, -0.05) is 30.9 Å². The Morgan fingerprint density at radius 3 is 2.84 bits per heavy atom. The number of nitrogens with zero attached hydrogens (tertiary/aromatic N) is 1. The van der Waals surface area contributed by atoms with Gasteiger partial charge in [0.25, 0.3) is 0 Å². The number of aliphatic imine (C=N–C) groups is 1. The molecule has 1 aromatic rings. The molecule has 0 heterocycles. The molecule has 140 valence electrons. The highest BCUT2D eigenvalue weighted by Crippen LogP contribution is 2.28. The maximum absolute atomic E-state index is 5.67. The highest BCUT2D eigenvalue weighted by atomic mass is 127. The standard InChI is InChI=1S/C19H29N3O2.HI/c1-3-12-24-18-8-5-4-7-17(18)14-22-19(20-2)21-11-6-13-23-15-16-9-10-16;/h3-5,7-8,16H,1,6,9-15H2,2H3,(H2,20,21,22);1H. The number of hydrogen-bond donors (Lipinski definition) is 2. The van der Waals surface area contributed by atoms with E-state index in [0.29, 0.717) is 13.2 Å². The van der Waals surface area contributed by atoms with Crippen LogP contribution in [-0.2, 0) is 11.3 Å². The monoisotopic (exact) mass is 459 g/mol. The van der Waals surface area contributed by atoms with Crippen molar-refractivity contribution < 1.29 is 9.47 Å². The molecule has 1 aliphatic carbocycles. The molecule has 0 amide bonds. The summed E-state index contributed by atoms with van der Waals surface area (Å²) < 4.78 is 11.3. The SMILES string of the molecule is C=CCOc1ccccc1CNC(=NC)NCCCOCC1CC1.I. The van der Waals surface area contributed by atoms with Crippen molar-refractivity contribution in [3.63, 3.8) is 0 Å². The first kappa shape index (κ1) is 21.8. The van der Waals surface area contributed by atoms with Gasteiger partial charge < -0.3 is 20.1 Å². The van der Waals surface area contributed by atoms with Gasteiger partial charge in [0.15, 0.2) is 5.96 Å². The van der Waals surface area contributed by atoms with Crippen LogP contribution in [0.3, 0.4) is 0 Å². The van der Waals surface area contributed by atoms with Crippen LogP contribution in [0, 0.1) is 5.92 Å². The fourth-order valence-corrected chi connectivity index (χ4v) is 2.25. The van der Waals surface area contributed by atoms with Crippen molar-refractivity contribution in [2.45, 2.75) is 25.8 Å². The van der Waals surface area contributed by atoms with Gasteiger partial charge in [0.2, 0.25) is 0 Å². The lowest BCUT2D eigenvalue weighted by Crippen LogP contribution is -2.37. The maximum Gasteiger partial charge on any atom is 0.191 e. The third-order valence-corrected chi connectivity index (χ3v) is 3.81. The Kier molecular flexibility index (Phi) is 11.3. The van der Waals surface area contributed by atoms with Crippen LogP contribution in [0.25, 0.3) is 0 Å². The van der Waals surface area contributed by atoms with E-state index in [9.17, 15) is 0 Å². The van der Waals surface area contributed by atoms with Gasteiger partial charge >= 0.3 is 0 Å². The van der Waals surface area contributed by atoms with E-state index in [4.69, 9.17) is 9.47 Å². The molecule has 0 unspecified atom stereocenters. The molecule has 1 aromatic carbocycles. The van der Waals surface area contributed by atoms with E-state index >= 15 is 0 Å². The molecule has 1 fully saturated rings. The average Bonchev–Trinajstić information content (AvgIpc) is 3.43. The van der Waals surface area contributed by atoms with Crippen molar-refractivity contribution in [3.8, 4) is 5.75 Å². The minimum absolute atomic E-state index is 0. The minimum atomic E-state index is 0. The number of benzene rings is 1. The van der Waals surface area contributed by atoms with Crippen LogP contribution >= 0.6 is 24.0 Å². The molecule has 1 saturated carbocycles. The van der Waals surface area contributed by atoms with Crippen LogP contribution < -0.4 is 15.4 Å². The quantitative estimate of drug-likeness (QED) is 0.175. The first-order valence-electron chi connectivity index (χ1n) is 8.67. The van der Waals surface area contributed by atoms with Crippen LogP contribution in [-0.4, -0.2) is 39.4 Å². The van der Waals surface area contributed by atoms with Gasteiger partial charge in [-0.3, -0.25) is 4.99 Å². The van der Waals surface area contributed by atoms with Crippen molar-refractivity contribution in [3.05, 3.63) is 42.5 Å². The summed E-state index contributed by atoms with van der Waals surface area (Å²) >= 11 is 0. The molecule has 0 bridgehead atoms. The molecule has 0 aromatic heterocycles. The summed E-state index contributed by atoms with van der Waals surface area (Å²) in [4.78, 5) is 4.25. The second-order valence-corrected chi connectivity index (χ2v) is 5.93. The molecule has 25 heavy (non-hydrogen) atoms. The van der Waals surface area contributed by atoms with Crippen LogP contribution in [0.2, 0.25) is 0 Å². The molecule has 0 radical (unpaired) electrons. The third kappa shape index (κ3) is 9.11. The van der Waals surface area contributed by atoms with E-state index in [-0.39, 0.29) is 24.0 Å². The average molecular weight is 459 g/mol. The van der Waals surface area contributed by atoms with Gasteiger partial charge in [-0.05, 0) is 31.2 Å². The summed E-state index contributed by atoms with van der Waals surface area (Å²) in [6.07, 6.45) is 5.40. The molecule has 0 aliphatic heterocycles. The summed E-state index contributed by atoms with van der Waals surface area (Å²) in [5.74, 6) is 2.49. The van der Waals surface area contributed by atoms with Crippen molar-refractivity contribution in [1.29, 1.82) is 0 Å². The smallest absolute Gasteiger partial charge is 0.191 e. The van der Waals surface area contributed by atoms with E-state index in [1.54, 1.807) is 13.1 Å². The second kappa shape index (κ2) is 13.0. The Hall–Kier alpha value is -1.28. The summed E-state index contributed by atoms with van der Waals surface area (Å²) in [5, 5.41) is 6.62. The highest BCUT2D eigenvalue weighted by molar-refractivity contribution is 14.0. The van der Waals surface area contributed by atoms with Gasteiger partial charge in [-0.15, -0.1) is 24.0 Å². The Morgan fingerprint density at radius 1 is 1.32 bits per heavy atom. The molecule has 6 heteroatoms. The number of hydrogen-bond acceptors (Lipinski definition) is 3. The first-order chi connectivity index (χ1) is 11.8. The molecule has 2 rings (SSSR count). The summed E-state index contributed by atoms with van der Waals surface area (Å²) in [6.45, 7) is 7.42. The first-order valence-corrected chi connectivity index (χ1v) is 8.67. The highest BCUT2D eigenvalue weighted by Gasteiger charge is 2.20. The topological polar surface area (TPSA) is 54.9 Å². The van der Waals surface area contributed by atoms with Crippen LogP contribution in [0.5, 0.6) is 5.75 Å². The molecule has 1 aliphatic rings. The van der Waals surface area contributed by atoms with E-state index in [2.05, 4.69) is 22.2 Å². The van der Waals surface area contributed by atoms with E-state index < -0.39 is 0 Å². The Bertz CT molecular complexity index is 533. The minimum Gasteiger partial charge on any atom is -0.489 e. The number of halogens is 1. The van der Waals surface area contributed by atoms with Crippen LogP contribution in [0.4, 0.5) is 0 Å². The summed E-state index contributed by atoms with van der Waals surface area (Å²) in [7, 11) is 1.78. The Labute approximate surface area is 168 Å². The number of rotatable bonds is 11. The molecular weight excluding hydrogens is 429 g/mol. The van der Waals surface area contributed by atoms with Crippen molar-refractivity contribution in [2.75, 3.05) is 33.4 Å². The molecule has 0 atom stereocenters. The zero-order valence-electron chi connectivity index (χ0n) is 15.0. The lowest BCUT2D eigenvalue weighted by atomic mass is 10.2. The normalized spacial score (nSPS) is 13.7. The number of ether oxygens (including phenoxy) is 2. The number of para-hydroxylation sites is 1. The number of nitrogens with one attached hydrogen (secondary N) is 2. The number of guanidine groups is 1. The van der Waals surface area contributed by atoms with Gasteiger partial charge in [-0.25, -0.2) is 0 Å². The predicted molar refractivity (Wildman–Crippen MR) is 114 cm³/mol. The lowest BCUT2D eigenvalue weighted by molar-refractivity contribution is 0.123. The maximum atomic E-state index is 5.67. The summed E-state index contributed by atoms with van der Waals surface area (Å²) in [5.41, 5.74) is 1.09. The lowest BCUT2D eigenvalue weighted by Gasteiger charge is -2.14. The largest absolute Gasteiger partial charge is 0.489 e. The van der Waals surface area contributed by atoms with Crippen molar-refractivity contribution in [1.82, 2.24) is 10.6 Å². The molecule has 2 N–H and O–H groups in total. The van der Waals surface area contributed by atoms with Crippen molar-refractivity contribution in [2.24, 2.45) is 10.9 Å². The fourth-order valence-electron chi connectivity index (χ4n) is 2.25. The van der Waals surface area contributed by atoms with Crippen LogP contribution in [0.15, 0.2) is 41.9 Å².